The van der Waals surface area contributed by atoms with Gasteiger partial charge in [0.05, 0.1) is 6.20 Å². The molecule has 90 valence electrons. The molecule has 1 heterocycles. The van der Waals surface area contributed by atoms with Crippen molar-refractivity contribution >= 4 is 5.57 Å². The molecule has 16 heavy (non-hydrogen) atoms. The van der Waals surface area contributed by atoms with Gasteiger partial charge < -0.3 is 0 Å². The van der Waals surface area contributed by atoms with E-state index in [-0.39, 0.29) is 0 Å². The summed E-state index contributed by atoms with van der Waals surface area (Å²) in [6.07, 6.45) is 8.06. The van der Waals surface area contributed by atoms with Crippen molar-refractivity contribution in [3.05, 3.63) is 35.7 Å². The second kappa shape index (κ2) is 7.91. The molecular weight excluding hydrogens is 196 g/mol. The van der Waals surface area contributed by atoms with Crippen LogP contribution in [0.15, 0.2) is 30.1 Å². The first-order valence-electron chi connectivity index (χ1n) is 5.95. The SMILES string of the molecule is C/C(=C\C=C(/C)C(C)C)c1cn[nH]c1.CC. The molecule has 0 amide bonds. The van der Waals surface area contributed by atoms with E-state index in [4.69, 9.17) is 0 Å². The van der Waals surface area contributed by atoms with Gasteiger partial charge in [-0.05, 0) is 25.3 Å². The molecule has 0 saturated carbocycles. The van der Waals surface area contributed by atoms with Crippen molar-refractivity contribution in [2.45, 2.75) is 41.5 Å². The molecule has 0 aromatic carbocycles. The van der Waals surface area contributed by atoms with Gasteiger partial charge in [0.15, 0.2) is 0 Å². The molecule has 0 spiro atoms. The first-order valence-corrected chi connectivity index (χ1v) is 5.95. The van der Waals surface area contributed by atoms with Gasteiger partial charge in [0.2, 0.25) is 0 Å². The summed E-state index contributed by atoms with van der Waals surface area (Å²) >= 11 is 0. The Morgan fingerprint density at radius 2 is 1.88 bits per heavy atom. The number of H-pyrrole nitrogens is 1. The average molecular weight is 220 g/mol. The number of nitrogens with zero attached hydrogens (tertiary/aromatic N) is 1. The summed E-state index contributed by atoms with van der Waals surface area (Å²) in [4.78, 5) is 0. The van der Waals surface area contributed by atoms with Gasteiger partial charge in [-0.15, -0.1) is 0 Å². The maximum absolute atomic E-state index is 3.92. The standard InChI is InChI=1S/C12H18N2.C2H6/c1-9(2)10(3)5-6-11(4)12-7-13-14-8-12;1-2/h5-9H,1-4H3,(H,13,14);1-2H3/b10-5+,11-6+;. The van der Waals surface area contributed by atoms with Gasteiger partial charge in [-0.2, -0.15) is 5.10 Å². The van der Waals surface area contributed by atoms with Crippen LogP contribution in [0.4, 0.5) is 0 Å². The predicted molar refractivity (Wildman–Crippen MR) is 72.2 cm³/mol. The first kappa shape index (κ1) is 14.7. The minimum Gasteiger partial charge on any atom is -0.285 e. The molecule has 1 aromatic heterocycles. The van der Waals surface area contributed by atoms with E-state index < -0.39 is 0 Å². The predicted octanol–water partition coefficient (Wildman–Crippen LogP) is 4.44. The Balaban J connectivity index is 0.00000106. The molecule has 1 N–H and O–H groups in total. The molecule has 2 nitrogen and oxygen atoms in total. The zero-order valence-electron chi connectivity index (χ0n) is 11.3. The molecule has 0 saturated heterocycles. The average Bonchev–Trinajstić information content (AvgIpc) is 2.81. The highest BCUT2D eigenvalue weighted by Crippen LogP contribution is 2.13. The van der Waals surface area contributed by atoms with Crippen molar-refractivity contribution in [1.29, 1.82) is 0 Å². The third-order valence-corrected chi connectivity index (χ3v) is 2.46. The van der Waals surface area contributed by atoms with Crippen molar-refractivity contribution in [3.63, 3.8) is 0 Å². The van der Waals surface area contributed by atoms with Crippen LogP contribution in [0.1, 0.15) is 47.1 Å². The number of hydrogen-bond acceptors (Lipinski definition) is 1. The summed E-state index contributed by atoms with van der Waals surface area (Å²) in [5, 5.41) is 6.73. The Kier molecular flexibility index (Phi) is 7.27. The summed E-state index contributed by atoms with van der Waals surface area (Å²) in [5.74, 6) is 0.614. The molecule has 0 bridgehead atoms. The Bertz CT molecular complexity index is 330. The van der Waals surface area contributed by atoms with Crippen molar-refractivity contribution in [2.75, 3.05) is 0 Å². The van der Waals surface area contributed by atoms with Gasteiger partial charge in [-0.25, -0.2) is 0 Å². The molecule has 0 atom stereocenters. The minimum absolute atomic E-state index is 0.614. The molecular formula is C14H24N2. The molecule has 0 fully saturated rings. The fourth-order valence-electron chi connectivity index (χ4n) is 1.01. The van der Waals surface area contributed by atoms with Gasteiger partial charge in [0.1, 0.15) is 0 Å². The monoisotopic (exact) mass is 220 g/mol. The number of rotatable bonds is 3. The lowest BCUT2D eigenvalue weighted by Crippen LogP contribution is -1.87. The van der Waals surface area contributed by atoms with Crippen LogP contribution in [-0.2, 0) is 0 Å². The third kappa shape index (κ3) is 4.96. The van der Waals surface area contributed by atoms with E-state index in [0.29, 0.717) is 5.92 Å². The summed E-state index contributed by atoms with van der Waals surface area (Å²) < 4.78 is 0. The van der Waals surface area contributed by atoms with E-state index in [2.05, 4.69) is 50.0 Å². The normalized spacial score (nSPS) is 12.4. The van der Waals surface area contributed by atoms with Gasteiger partial charge in [0, 0.05) is 11.8 Å². The number of nitrogens with one attached hydrogen (secondary N) is 1. The van der Waals surface area contributed by atoms with Crippen LogP contribution in [0.3, 0.4) is 0 Å². The number of allylic oxidation sites excluding steroid dienone is 4. The topological polar surface area (TPSA) is 28.7 Å². The van der Waals surface area contributed by atoms with Crippen LogP contribution < -0.4 is 0 Å². The summed E-state index contributed by atoms with van der Waals surface area (Å²) in [7, 11) is 0. The lowest BCUT2D eigenvalue weighted by atomic mass is 10.0. The Morgan fingerprint density at radius 3 is 2.31 bits per heavy atom. The third-order valence-electron chi connectivity index (χ3n) is 2.46. The van der Waals surface area contributed by atoms with Crippen LogP contribution in [0.25, 0.3) is 5.57 Å². The minimum atomic E-state index is 0.614. The van der Waals surface area contributed by atoms with E-state index in [9.17, 15) is 0 Å². The van der Waals surface area contributed by atoms with E-state index in [1.807, 2.05) is 26.2 Å². The molecule has 0 aliphatic rings. The Morgan fingerprint density at radius 1 is 1.25 bits per heavy atom. The summed E-state index contributed by atoms with van der Waals surface area (Å²) in [6.45, 7) is 12.7. The van der Waals surface area contributed by atoms with Crippen molar-refractivity contribution in [1.82, 2.24) is 10.2 Å². The maximum atomic E-state index is 3.92. The Hall–Kier alpha value is -1.31. The van der Waals surface area contributed by atoms with Crippen LogP contribution in [0.2, 0.25) is 0 Å². The smallest absolute Gasteiger partial charge is 0.0562 e. The highest BCUT2D eigenvalue weighted by molar-refractivity contribution is 5.63. The van der Waals surface area contributed by atoms with Crippen molar-refractivity contribution in [2.24, 2.45) is 5.92 Å². The molecule has 1 rings (SSSR count). The van der Waals surface area contributed by atoms with Crippen molar-refractivity contribution < 1.29 is 0 Å². The highest BCUT2D eigenvalue weighted by atomic mass is 15.1. The van der Waals surface area contributed by atoms with Crippen LogP contribution in [-0.4, -0.2) is 10.2 Å². The van der Waals surface area contributed by atoms with Gasteiger partial charge in [0.25, 0.3) is 0 Å². The molecule has 1 aromatic rings. The second-order valence-corrected chi connectivity index (χ2v) is 3.90. The molecule has 0 aliphatic carbocycles. The molecule has 0 unspecified atom stereocenters. The number of hydrogen-bond donors (Lipinski definition) is 1. The van der Waals surface area contributed by atoms with Gasteiger partial charge >= 0.3 is 0 Å². The quantitative estimate of drug-likeness (QED) is 0.749. The van der Waals surface area contributed by atoms with Crippen LogP contribution in [0.5, 0.6) is 0 Å². The molecule has 0 radical (unpaired) electrons. The number of aromatic amines is 1. The highest BCUT2D eigenvalue weighted by Gasteiger charge is 1.96. The van der Waals surface area contributed by atoms with E-state index >= 15 is 0 Å². The van der Waals surface area contributed by atoms with Gasteiger partial charge in [-0.3, -0.25) is 5.10 Å². The summed E-state index contributed by atoms with van der Waals surface area (Å²) in [6, 6.07) is 0. The molecule has 2 heteroatoms. The number of aromatic nitrogens is 2. The lowest BCUT2D eigenvalue weighted by molar-refractivity contribution is 0.769. The second-order valence-electron chi connectivity index (χ2n) is 3.90. The van der Waals surface area contributed by atoms with Crippen molar-refractivity contribution in [3.8, 4) is 0 Å². The fourth-order valence-corrected chi connectivity index (χ4v) is 1.01. The molecule has 0 aliphatic heterocycles. The fraction of sp³-hybridized carbons (Fsp3) is 0.500. The van der Waals surface area contributed by atoms with Crippen LogP contribution >= 0.6 is 0 Å². The first-order chi connectivity index (χ1) is 7.61. The van der Waals surface area contributed by atoms with E-state index in [1.54, 1.807) is 0 Å². The maximum Gasteiger partial charge on any atom is 0.0562 e. The van der Waals surface area contributed by atoms with Crippen LogP contribution in [0, 0.1) is 5.92 Å². The Labute approximate surface area is 99.5 Å². The lowest BCUT2D eigenvalue weighted by Gasteiger charge is -2.02. The summed E-state index contributed by atoms with van der Waals surface area (Å²) in [5.41, 5.74) is 3.78. The largest absolute Gasteiger partial charge is 0.285 e. The van der Waals surface area contributed by atoms with Gasteiger partial charge in [-0.1, -0.05) is 45.4 Å². The van der Waals surface area contributed by atoms with E-state index in [1.165, 1.54) is 11.1 Å². The zero-order valence-corrected chi connectivity index (χ0v) is 11.3. The zero-order chi connectivity index (χ0) is 12.6. The van der Waals surface area contributed by atoms with E-state index in [0.717, 1.165) is 5.56 Å².